The van der Waals surface area contributed by atoms with Crippen molar-refractivity contribution in [2.75, 3.05) is 9.80 Å². The predicted molar refractivity (Wildman–Crippen MR) is 221 cm³/mol. The summed E-state index contributed by atoms with van der Waals surface area (Å²) in [7, 11) is -2.89. The molecule has 3 heterocycles. The molecule has 0 unspecified atom stereocenters. The van der Waals surface area contributed by atoms with Crippen LogP contribution < -0.4 is 46.9 Å². The summed E-state index contributed by atoms with van der Waals surface area (Å²) < 4.78 is 44.5. The Morgan fingerprint density at radius 2 is 1.20 bits per heavy atom. The molecule has 4 heteroatoms. The van der Waals surface area contributed by atoms with Crippen LogP contribution in [0.3, 0.4) is 0 Å². The summed E-state index contributed by atoms with van der Waals surface area (Å²) in [5, 5.41) is 5.30. The van der Waals surface area contributed by atoms with E-state index in [-0.39, 0.29) is 42.0 Å². The fraction of sp³-hybridized carbons (Fsp3) is 0.106. The molecule has 0 saturated carbocycles. The number of nitrogens with zero attached hydrogens (tertiary/aromatic N) is 2. The van der Waals surface area contributed by atoms with E-state index in [2.05, 4.69) is 166 Å². The molecule has 0 radical (unpaired) electrons. The van der Waals surface area contributed by atoms with Crippen molar-refractivity contribution in [1.82, 2.24) is 0 Å². The smallest absolute Gasteiger partial charge is 0.252 e. The number of benzene rings is 7. The minimum atomic E-state index is -2.89. The van der Waals surface area contributed by atoms with E-state index in [1.165, 1.54) is 31.9 Å². The number of rotatable bonds is 3. The van der Waals surface area contributed by atoms with Crippen molar-refractivity contribution in [2.24, 2.45) is 0 Å². The van der Waals surface area contributed by atoms with Gasteiger partial charge in [0.05, 0.1) is 6.85 Å². The summed E-state index contributed by atoms with van der Waals surface area (Å²) in [6.45, 7) is 8.47. The minimum absolute atomic E-state index is 0.160. The molecule has 0 aliphatic carbocycles. The summed E-state index contributed by atoms with van der Waals surface area (Å²) in [5.41, 5.74) is 10.4. The molecule has 0 N–H and O–H groups in total. The van der Waals surface area contributed by atoms with Gasteiger partial charge in [0.1, 0.15) is 0 Å². The van der Waals surface area contributed by atoms with Crippen LogP contribution in [-0.4, -0.2) is 14.8 Å². The molecule has 244 valence electrons. The fourth-order valence-corrected chi connectivity index (χ4v) is 14.2. The molecule has 7 aromatic rings. The summed E-state index contributed by atoms with van der Waals surface area (Å²) in [4.78, 5) is 4.43. The Morgan fingerprint density at radius 1 is 0.569 bits per heavy atom. The number of para-hydroxylation sites is 3. The van der Waals surface area contributed by atoms with Crippen molar-refractivity contribution in [3.63, 3.8) is 0 Å². The Balaban J connectivity index is 1.37. The quantitative estimate of drug-likeness (QED) is 0.185. The van der Waals surface area contributed by atoms with Crippen LogP contribution in [0.5, 0.6) is 0 Å². The highest BCUT2D eigenvalue weighted by Crippen LogP contribution is 2.46. The van der Waals surface area contributed by atoms with Crippen LogP contribution in [0.15, 0.2) is 164 Å². The van der Waals surface area contributed by atoms with Gasteiger partial charge in [-0.25, -0.2) is 0 Å². The third kappa shape index (κ3) is 4.17. The van der Waals surface area contributed by atoms with Crippen molar-refractivity contribution in [3.05, 3.63) is 175 Å². The highest BCUT2D eigenvalue weighted by molar-refractivity contribution is 7.22. The van der Waals surface area contributed by atoms with Crippen molar-refractivity contribution in [2.45, 2.75) is 33.1 Å². The van der Waals surface area contributed by atoms with Gasteiger partial charge in [0.25, 0.3) is 6.71 Å². The molecule has 51 heavy (non-hydrogen) atoms. The van der Waals surface area contributed by atoms with E-state index in [1.54, 1.807) is 0 Å². The van der Waals surface area contributed by atoms with Gasteiger partial charge >= 0.3 is 0 Å². The number of hydrogen-bond donors (Lipinski definition) is 0. The van der Waals surface area contributed by atoms with Gasteiger partial charge in [-0.15, -0.1) is 0 Å². The monoisotopic (exact) mass is 675 g/mol. The van der Waals surface area contributed by atoms with Crippen molar-refractivity contribution < 1.29 is 6.85 Å². The number of hydrogen-bond acceptors (Lipinski definition) is 2. The van der Waals surface area contributed by atoms with Gasteiger partial charge < -0.3 is 9.80 Å². The molecule has 2 nitrogen and oxygen atoms in total. The van der Waals surface area contributed by atoms with E-state index in [9.17, 15) is 2.74 Å². The zero-order chi connectivity index (χ0) is 38.8. The molecule has 0 atom stereocenters. The van der Waals surface area contributed by atoms with Gasteiger partial charge in [0, 0.05) is 34.1 Å². The van der Waals surface area contributed by atoms with Crippen molar-refractivity contribution in [3.8, 4) is 0 Å². The maximum atomic E-state index is 9.26. The number of anilines is 6. The molecule has 0 amide bonds. The maximum absolute atomic E-state index is 9.26. The first-order valence-corrected chi connectivity index (χ1v) is 19.7. The summed E-state index contributed by atoms with van der Waals surface area (Å²) in [6, 6.07) is 47.4. The van der Waals surface area contributed by atoms with Gasteiger partial charge in [0.2, 0.25) is 0 Å². The van der Waals surface area contributed by atoms with E-state index in [0.29, 0.717) is 0 Å². The van der Waals surface area contributed by atoms with E-state index < -0.39 is 14.1 Å². The second-order valence-corrected chi connectivity index (χ2v) is 18.8. The Kier molecular flexibility index (Phi) is 5.45. The SMILES string of the molecule is [2H]c1c([2H])c([2H])c(N2c3cc(C(C)(C)C)ccc3B3c4cccc5c4N(c4ccccc4[Si]5(c4ccccc4)c4ccccc4)c4cc(C)cc2c43)c([2H])c1[2H]. The van der Waals surface area contributed by atoms with E-state index in [1.807, 2.05) is 4.90 Å². The molecule has 3 aliphatic rings. The second-order valence-electron chi connectivity index (χ2n) is 15.1. The Labute approximate surface area is 309 Å². The van der Waals surface area contributed by atoms with E-state index in [4.69, 9.17) is 4.11 Å². The predicted octanol–water partition coefficient (Wildman–Crippen LogP) is 7.07. The average molecular weight is 676 g/mol. The molecule has 7 aromatic carbocycles. The van der Waals surface area contributed by atoms with Gasteiger partial charge in [-0.3, -0.25) is 0 Å². The fourth-order valence-electron chi connectivity index (χ4n) is 9.09. The van der Waals surface area contributed by atoms with Gasteiger partial charge in [-0.1, -0.05) is 148 Å². The lowest BCUT2D eigenvalue weighted by Crippen LogP contribution is -2.79. The third-order valence-corrected chi connectivity index (χ3v) is 16.0. The largest absolute Gasteiger partial charge is 0.312 e. The molecular weight excluding hydrogens is 631 g/mol. The molecule has 3 aliphatic heterocycles. The maximum Gasteiger partial charge on any atom is 0.252 e. The lowest BCUT2D eigenvalue weighted by molar-refractivity contribution is 0.590. The molecule has 0 bridgehead atoms. The third-order valence-electron chi connectivity index (χ3n) is 11.2. The van der Waals surface area contributed by atoms with Crippen LogP contribution in [0.4, 0.5) is 34.1 Å². The van der Waals surface area contributed by atoms with E-state index >= 15 is 0 Å². The normalized spacial score (nSPS) is 16.1. The van der Waals surface area contributed by atoms with Crippen molar-refractivity contribution in [1.29, 1.82) is 0 Å². The molecule has 0 saturated heterocycles. The molecular formula is C47H39BN2Si. The molecule has 0 fully saturated rings. The summed E-state index contributed by atoms with van der Waals surface area (Å²) in [5.74, 6) is 0. The number of aryl methyl sites for hydroxylation is 1. The summed E-state index contributed by atoms with van der Waals surface area (Å²) in [6.07, 6.45) is 0. The Morgan fingerprint density at radius 3 is 1.88 bits per heavy atom. The van der Waals surface area contributed by atoms with Crippen molar-refractivity contribution >= 4 is 86.0 Å². The minimum Gasteiger partial charge on any atom is -0.312 e. The van der Waals surface area contributed by atoms with Crippen LogP contribution in [0.1, 0.15) is 38.8 Å². The summed E-state index contributed by atoms with van der Waals surface area (Å²) >= 11 is 0. The first-order chi connectivity index (χ1) is 26.9. The average Bonchev–Trinajstić information content (AvgIpc) is 3.21. The van der Waals surface area contributed by atoms with Crippen LogP contribution in [0.2, 0.25) is 0 Å². The first-order valence-electron chi connectivity index (χ1n) is 20.2. The van der Waals surface area contributed by atoms with Crippen LogP contribution in [-0.2, 0) is 5.41 Å². The van der Waals surface area contributed by atoms with Crippen LogP contribution in [0.25, 0.3) is 0 Å². The first kappa shape index (κ1) is 25.4. The number of fused-ring (bicyclic) bond motifs is 6. The molecule has 0 aromatic heterocycles. The lowest BCUT2D eigenvalue weighted by atomic mass is 9.33. The van der Waals surface area contributed by atoms with Gasteiger partial charge in [-0.05, 0) is 97.0 Å². The highest BCUT2D eigenvalue weighted by atomic mass is 28.3. The van der Waals surface area contributed by atoms with E-state index in [0.717, 1.165) is 44.8 Å². The lowest BCUT2D eigenvalue weighted by Gasteiger charge is -2.51. The Bertz CT molecular complexity index is 2720. The standard InChI is InChI=1S/C47H39BN2Si/c1-32-29-41-45-42(30-32)50-39-24-14-15-25-43(39)51(35-19-10-6-11-20-35,36-21-12-7-13-22-36)44-26-16-23-38(46(44)50)48(45)37-28-27-33(47(2,3)4)31-40(37)49(41)34-17-8-5-9-18-34/h5-31H,1-4H3/i5D,8D,9D,17D,18D. The van der Waals surface area contributed by atoms with Crippen LogP contribution >= 0.6 is 0 Å². The molecule has 0 spiro atoms. The molecule has 10 rings (SSSR count). The highest BCUT2D eigenvalue weighted by Gasteiger charge is 2.53. The van der Waals surface area contributed by atoms with Gasteiger partial charge in [0.15, 0.2) is 8.07 Å². The van der Waals surface area contributed by atoms with Gasteiger partial charge in [-0.2, -0.15) is 0 Å². The zero-order valence-corrected chi connectivity index (χ0v) is 30.2. The Hall–Kier alpha value is -5.58. The zero-order valence-electron chi connectivity index (χ0n) is 34.2. The topological polar surface area (TPSA) is 6.48 Å². The second kappa shape index (κ2) is 11.0. The van der Waals surface area contributed by atoms with Crippen LogP contribution in [0, 0.1) is 6.92 Å².